The third kappa shape index (κ3) is 4.81. The molecule has 0 aliphatic carbocycles. The molecule has 3 heterocycles. The minimum Gasteiger partial charge on any atom is -0.497 e. The number of methoxy groups -OCH3 is 3. The Balaban J connectivity index is 1.58. The normalized spacial score (nSPS) is 18.3. The van der Waals surface area contributed by atoms with E-state index in [9.17, 15) is 13.7 Å². The number of piperazine rings is 1. The number of nitriles is 1. The lowest BCUT2D eigenvalue weighted by molar-refractivity contribution is -0.127. The Morgan fingerprint density at radius 1 is 0.800 bits per heavy atom. The molecule has 45 heavy (non-hydrogen) atoms. The second-order valence-electron chi connectivity index (χ2n) is 10.5. The van der Waals surface area contributed by atoms with Crippen LogP contribution in [0.4, 0.5) is 11.4 Å². The van der Waals surface area contributed by atoms with Crippen LogP contribution in [0.1, 0.15) is 16.7 Å². The lowest BCUT2D eigenvalue weighted by Crippen LogP contribution is -2.60. The molecule has 0 saturated carbocycles. The molecule has 11 nitrogen and oxygen atoms in total. The topological polar surface area (TPSA) is 125 Å². The lowest BCUT2D eigenvalue weighted by atomic mass is 9.80. The zero-order valence-corrected chi connectivity index (χ0v) is 25.8. The highest BCUT2D eigenvalue weighted by Crippen LogP contribution is 2.53. The van der Waals surface area contributed by atoms with Crippen LogP contribution in [0.3, 0.4) is 0 Å². The van der Waals surface area contributed by atoms with Gasteiger partial charge >= 0.3 is 0 Å². The molecule has 0 bridgehead atoms. The summed E-state index contributed by atoms with van der Waals surface area (Å²) in [4.78, 5) is 23.4. The summed E-state index contributed by atoms with van der Waals surface area (Å²) in [5.41, 5.74) is 0.545. The van der Waals surface area contributed by atoms with E-state index in [0.717, 1.165) is 9.99 Å². The van der Waals surface area contributed by atoms with Crippen LogP contribution in [0.2, 0.25) is 0 Å². The highest BCUT2D eigenvalue weighted by Gasteiger charge is 2.60. The number of fused-ring (bicyclic) bond motifs is 1. The summed E-state index contributed by atoms with van der Waals surface area (Å²) >= 11 is 0. The number of anilines is 2. The highest BCUT2D eigenvalue weighted by atomic mass is 32.2. The molecule has 3 aromatic carbocycles. The van der Waals surface area contributed by atoms with E-state index in [1.54, 1.807) is 36.7 Å². The molecule has 230 valence electrons. The summed E-state index contributed by atoms with van der Waals surface area (Å²) in [6.07, 6.45) is 3.46. The van der Waals surface area contributed by atoms with Crippen molar-refractivity contribution in [2.45, 2.75) is 10.4 Å². The Morgan fingerprint density at radius 2 is 1.47 bits per heavy atom. The first-order valence-electron chi connectivity index (χ1n) is 14.2. The van der Waals surface area contributed by atoms with Gasteiger partial charge in [0.1, 0.15) is 17.2 Å². The van der Waals surface area contributed by atoms with Gasteiger partial charge in [0.15, 0.2) is 5.54 Å². The summed E-state index contributed by atoms with van der Waals surface area (Å²) < 4.78 is 46.3. The van der Waals surface area contributed by atoms with Crippen LogP contribution in [0, 0.1) is 11.3 Å². The quantitative estimate of drug-likeness (QED) is 0.286. The first-order valence-corrected chi connectivity index (χ1v) is 15.6. The van der Waals surface area contributed by atoms with Crippen LogP contribution in [0.25, 0.3) is 0 Å². The van der Waals surface area contributed by atoms with Crippen molar-refractivity contribution in [2.75, 3.05) is 56.7 Å². The Bertz CT molecular complexity index is 1890. The maximum Gasteiger partial charge on any atom is 0.271 e. The number of nitrogens with zero attached hydrogens (tertiary/aromatic N) is 5. The molecular weight excluding hydrogens is 594 g/mol. The third-order valence-electron chi connectivity index (χ3n) is 8.40. The van der Waals surface area contributed by atoms with Gasteiger partial charge in [0.05, 0.1) is 43.5 Å². The van der Waals surface area contributed by atoms with Gasteiger partial charge in [-0.25, -0.2) is 12.7 Å². The lowest BCUT2D eigenvalue weighted by Gasteiger charge is -2.46. The minimum atomic E-state index is -4.42. The van der Waals surface area contributed by atoms with E-state index >= 15 is 4.79 Å². The van der Waals surface area contributed by atoms with E-state index in [0.29, 0.717) is 54.6 Å². The van der Waals surface area contributed by atoms with Crippen LogP contribution in [0.5, 0.6) is 17.2 Å². The number of carbonyl (C=O) groups excluding carboxylic acids is 1. The molecule has 2 aliphatic heterocycles. The number of hydrogen-bond donors (Lipinski definition) is 0. The molecule has 0 radical (unpaired) electrons. The maximum atomic E-state index is 15.2. The molecular formula is C33H31N5O6S. The molecule has 1 fully saturated rings. The zero-order valence-electron chi connectivity index (χ0n) is 25.0. The monoisotopic (exact) mass is 625 g/mol. The summed E-state index contributed by atoms with van der Waals surface area (Å²) in [5, 5.41) is 9.93. The molecule has 4 aromatic rings. The number of pyridine rings is 1. The van der Waals surface area contributed by atoms with E-state index < -0.39 is 21.5 Å². The summed E-state index contributed by atoms with van der Waals surface area (Å²) in [6.45, 7) is 1.87. The van der Waals surface area contributed by atoms with Gasteiger partial charge in [-0.05, 0) is 72.8 Å². The maximum absolute atomic E-state index is 15.2. The highest BCUT2D eigenvalue weighted by molar-refractivity contribution is 7.93. The van der Waals surface area contributed by atoms with Crippen molar-refractivity contribution < 1.29 is 27.4 Å². The van der Waals surface area contributed by atoms with Crippen molar-refractivity contribution in [3.05, 3.63) is 102 Å². The Hall–Kier alpha value is -5.12. The fourth-order valence-corrected chi connectivity index (χ4v) is 7.68. The first-order chi connectivity index (χ1) is 21.8. The number of carbonyl (C=O) groups is 1. The van der Waals surface area contributed by atoms with Gasteiger partial charge in [0.2, 0.25) is 0 Å². The molecule has 0 N–H and O–H groups in total. The number of hydrogen-bond acceptors (Lipinski definition) is 10. The van der Waals surface area contributed by atoms with Crippen LogP contribution >= 0.6 is 0 Å². The van der Waals surface area contributed by atoms with E-state index in [1.165, 1.54) is 57.7 Å². The van der Waals surface area contributed by atoms with Gasteiger partial charge < -0.3 is 19.1 Å². The van der Waals surface area contributed by atoms with E-state index in [2.05, 4.69) is 16.0 Å². The molecule has 1 amide bonds. The van der Waals surface area contributed by atoms with Gasteiger partial charge in [-0.15, -0.1) is 0 Å². The van der Waals surface area contributed by atoms with Crippen molar-refractivity contribution >= 4 is 27.3 Å². The third-order valence-corrected chi connectivity index (χ3v) is 10.1. The minimum absolute atomic E-state index is 0.0807. The van der Waals surface area contributed by atoms with Gasteiger partial charge in [-0.1, -0.05) is 0 Å². The first kappa shape index (κ1) is 29.9. The van der Waals surface area contributed by atoms with Gasteiger partial charge in [0, 0.05) is 55.4 Å². The predicted octanol–water partition coefficient (Wildman–Crippen LogP) is 3.78. The molecule has 1 saturated heterocycles. The average molecular weight is 626 g/mol. The van der Waals surface area contributed by atoms with E-state index in [1.807, 2.05) is 17.0 Å². The Morgan fingerprint density at radius 3 is 2.09 bits per heavy atom. The van der Waals surface area contributed by atoms with Gasteiger partial charge in [-0.3, -0.25) is 14.7 Å². The van der Waals surface area contributed by atoms with Crippen molar-refractivity contribution in [1.29, 1.82) is 5.26 Å². The fourth-order valence-electron chi connectivity index (χ4n) is 6.22. The number of sulfonamides is 1. The van der Waals surface area contributed by atoms with Crippen molar-refractivity contribution in [3.8, 4) is 23.3 Å². The number of rotatable bonds is 8. The van der Waals surface area contributed by atoms with Crippen molar-refractivity contribution in [2.24, 2.45) is 0 Å². The second-order valence-corrected chi connectivity index (χ2v) is 12.3. The SMILES string of the molecule is COc1ccc(S(=O)(=O)N2C(=O)C(c3cc(OC)ccc3OC)(N3CCN(c4ccncc4)CC3)c3cc(C#N)ccc32)cc1. The fraction of sp³-hybridized carbons (Fsp3) is 0.242. The number of ether oxygens (including phenoxy) is 3. The molecule has 2 aliphatic rings. The summed E-state index contributed by atoms with van der Waals surface area (Å²) in [6, 6.07) is 21.7. The molecule has 1 unspecified atom stereocenters. The summed E-state index contributed by atoms with van der Waals surface area (Å²) in [7, 11) is 0.0802. The van der Waals surface area contributed by atoms with Crippen LogP contribution in [0.15, 0.2) is 90.1 Å². The Kier molecular flexibility index (Phi) is 7.82. The average Bonchev–Trinajstić information content (AvgIpc) is 3.36. The summed E-state index contributed by atoms with van der Waals surface area (Å²) in [5.74, 6) is 0.608. The standard InChI is InChI=1S/C33H31N5O6S/c1-42-25-5-8-27(9-6-25)45(40,41)38-30-10-4-23(22-34)20-28(30)33(32(38)39,29-21-26(43-2)7-11-31(29)44-3)37-18-16-36(17-19-37)24-12-14-35-15-13-24/h4-15,20-21H,16-19H2,1-3H3. The van der Waals surface area contributed by atoms with Gasteiger partial charge in [-0.2, -0.15) is 5.26 Å². The molecule has 6 rings (SSSR count). The largest absolute Gasteiger partial charge is 0.497 e. The number of aromatic nitrogens is 1. The van der Waals surface area contributed by atoms with Crippen LogP contribution in [-0.2, 0) is 20.4 Å². The van der Waals surface area contributed by atoms with Crippen LogP contribution in [-0.4, -0.2) is 71.7 Å². The van der Waals surface area contributed by atoms with Crippen molar-refractivity contribution in [1.82, 2.24) is 9.88 Å². The van der Waals surface area contributed by atoms with Crippen LogP contribution < -0.4 is 23.4 Å². The number of amides is 1. The van der Waals surface area contributed by atoms with E-state index in [-0.39, 0.29) is 16.1 Å². The second kappa shape index (κ2) is 11.8. The number of benzene rings is 3. The van der Waals surface area contributed by atoms with E-state index in [4.69, 9.17) is 14.2 Å². The van der Waals surface area contributed by atoms with Gasteiger partial charge in [0.25, 0.3) is 15.9 Å². The molecule has 0 spiro atoms. The zero-order chi connectivity index (χ0) is 31.8. The Labute approximate surface area is 261 Å². The molecule has 12 heteroatoms. The molecule has 1 aromatic heterocycles. The van der Waals surface area contributed by atoms with Crippen molar-refractivity contribution in [3.63, 3.8) is 0 Å². The molecule has 1 atom stereocenters. The predicted molar refractivity (Wildman–Crippen MR) is 167 cm³/mol. The smallest absolute Gasteiger partial charge is 0.271 e.